The Kier molecular flexibility index (Phi) is 4.90. The Bertz CT molecular complexity index is 589. The highest BCUT2D eigenvalue weighted by Gasteiger charge is 2.12. The second-order valence-corrected chi connectivity index (χ2v) is 4.30. The maximum absolute atomic E-state index is 10.9. The van der Waals surface area contributed by atoms with Gasteiger partial charge in [-0.2, -0.15) is 8.42 Å². The highest BCUT2D eigenvalue weighted by molar-refractivity contribution is 7.81. The number of methoxy groups -OCH3 is 2. The van der Waals surface area contributed by atoms with Crippen LogP contribution in [0, 0.1) is 0 Å². The number of carbonyl (C=O) groups excluding carboxylic acids is 1. The van der Waals surface area contributed by atoms with Gasteiger partial charge in [-0.25, -0.2) is 4.79 Å². The van der Waals surface area contributed by atoms with Gasteiger partial charge in [-0.05, 0) is 23.8 Å². The van der Waals surface area contributed by atoms with E-state index in [0.717, 1.165) is 0 Å². The van der Waals surface area contributed by atoms with Crippen LogP contribution >= 0.6 is 0 Å². The van der Waals surface area contributed by atoms with Gasteiger partial charge in [-0.15, -0.1) is 0 Å². The van der Waals surface area contributed by atoms with Crippen molar-refractivity contribution in [1.82, 2.24) is 0 Å². The zero-order chi connectivity index (χ0) is 14.5. The predicted octanol–water partition coefficient (Wildman–Crippen LogP) is 1.06. The molecule has 104 valence electrons. The van der Waals surface area contributed by atoms with Crippen LogP contribution in [0.1, 0.15) is 5.56 Å². The maximum atomic E-state index is 10.9. The predicted molar refractivity (Wildman–Crippen MR) is 66.2 cm³/mol. The average molecular weight is 288 g/mol. The van der Waals surface area contributed by atoms with Gasteiger partial charge in [-0.1, -0.05) is 6.07 Å². The molecule has 0 aliphatic carbocycles. The lowest BCUT2D eigenvalue weighted by atomic mass is 10.2. The summed E-state index contributed by atoms with van der Waals surface area (Å²) in [4.78, 5) is 10.9. The molecule has 1 rings (SSSR count). The highest BCUT2D eigenvalue weighted by Crippen LogP contribution is 2.29. The van der Waals surface area contributed by atoms with E-state index in [2.05, 4.69) is 8.92 Å². The molecule has 0 saturated carbocycles. The van der Waals surface area contributed by atoms with Crippen LogP contribution < -0.4 is 8.92 Å². The minimum absolute atomic E-state index is 0.0876. The lowest BCUT2D eigenvalue weighted by Gasteiger charge is -2.08. The van der Waals surface area contributed by atoms with Gasteiger partial charge < -0.3 is 13.7 Å². The van der Waals surface area contributed by atoms with E-state index < -0.39 is 16.4 Å². The second-order valence-electron chi connectivity index (χ2n) is 3.28. The second kappa shape index (κ2) is 6.21. The molecule has 0 spiro atoms. The van der Waals surface area contributed by atoms with Crippen LogP contribution in [0.25, 0.3) is 6.08 Å². The first-order chi connectivity index (χ1) is 8.85. The summed E-state index contributed by atoms with van der Waals surface area (Å²) in [5.41, 5.74) is 0.560. The first-order valence-electron chi connectivity index (χ1n) is 4.96. The van der Waals surface area contributed by atoms with Crippen molar-refractivity contribution in [2.45, 2.75) is 0 Å². The van der Waals surface area contributed by atoms with E-state index >= 15 is 0 Å². The summed E-state index contributed by atoms with van der Waals surface area (Å²) in [5.74, 6) is -0.609. The van der Waals surface area contributed by atoms with Crippen molar-refractivity contribution in [3.63, 3.8) is 0 Å². The fraction of sp³-hybridized carbons (Fsp3) is 0.182. The number of rotatable bonds is 5. The molecule has 0 saturated heterocycles. The number of hydrogen-bond donors (Lipinski definition) is 1. The molecule has 1 N–H and O–H groups in total. The van der Waals surface area contributed by atoms with Gasteiger partial charge in [0.2, 0.25) is 0 Å². The van der Waals surface area contributed by atoms with E-state index in [0.29, 0.717) is 5.56 Å². The van der Waals surface area contributed by atoms with Crippen LogP contribution in [0.15, 0.2) is 24.3 Å². The Morgan fingerprint density at radius 2 is 1.95 bits per heavy atom. The van der Waals surface area contributed by atoms with Crippen molar-refractivity contribution in [1.29, 1.82) is 0 Å². The van der Waals surface area contributed by atoms with Crippen LogP contribution in [0.4, 0.5) is 0 Å². The molecule has 19 heavy (non-hydrogen) atoms. The van der Waals surface area contributed by atoms with Crippen LogP contribution in [-0.4, -0.2) is 33.2 Å². The van der Waals surface area contributed by atoms with E-state index in [9.17, 15) is 13.2 Å². The number of esters is 1. The molecule has 0 aromatic heterocycles. The van der Waals surface area contributed by atoms with Crippen molar-refractivity contribution in [3.05, 3.63) is 29.8 Å². The van der Waals surface area contributed by atoms with Gasteiger partial charge in [-0.3, -0.25) is 4.55 Å². The lowest BCUT2D eigenvalue weighted by molar-refractivity contribution is -0.134. The molecule has 0 amide bonds. The number of hydrogen-bond acceptors (Lipinski definition) is 6. The van der Waals surface area contributed by atoms with Crippen molar-refractivity contribution in [3.8, 4) is 11.5 Å². The van der Waals surface area contributed by atoms with E-state index in [4.69, 9.17) is 9.29 Å². The largest absolute Gasteiger partial charge is 0.493 e. The molecule has 0 aliphatic heterocycles. The SMILES string of the molecule is COC(=O)C=Cc1ccc(OS(=O)(=O)O)c(OC)c1. The fourth-order valence-corrected chi connectivity index (χ4v) is 1.57. The van der Waals surface area contributed by atoms with Gasteiger partial charge in [0.1, 0.15) is 0 Å². The molecule has 0 fully saturated rings. The van der Waals surface area contributed by atoms with Crippen molar-refractivity contribution in [2.24, 2.45) is 0 Å². The summed E-state index contributed by atoms with van der Waals surface area (Å²) in [6.07, 6.45) is 2.64. The number of carbonyl (C=O) groups is 1. The molecule has 1 aromatic carbocycles. The summed E-state index contributed by atoms with van der Waals surface area (Å²) in [5, 5.41) is 0. The first-order valence-corrected chi connectivity index (χ1v) is 6.33. The standard InChI is InChI=1S/C11H12O7S/c1-16-10-7-8(4-6-11(12)17-2)3-5-9(10)18-19(13,14)15/h3-7H,1-2H3,(H,13,14,15). The third-order valence-electron chi connectivity index (χ3n) is 2.00. The first kappa shape index (κ1) is 15.0. The lowest BCUT2D eigenvalue weighted by Crippen LogP contribution is -2.07. The van der Waals surface area contributed by atoms with E-state index in [1.807, 2.05) is 0 Å². The van der Waals surface area contributed by atoms with Crippen LogP contribution in [0.5, 0.6) is 11.5 Å². The molecule has 0 unspecified atom stereocenters. The molecule has 0 radical (unpaired) electrons. The number of benzene rings is 1. The third kappa shape index (κ3) is 4.98. The van der Waals surface area contributed by atoms with Crippen molar-refractivity contribution < 1.29 is 31.4 Å². The van der Waals surface area contributed by atoms with Gasteiger partial charge in [0, 0.05) is 6.08 Å². The van der Waals surface area contributed by atoms with Crippen molar-refractivity contribution >= 4 is 22.4 Å². The Hall–Kier alpha value is -2.06. The maximum Gasteiger partial charge on any atom is 0.446 e. The normalized spacial score (nSPS) is 11.3. The Labute approximate surface area is 110 Å². The van der Waals surface area contributed by atoms with E-state index in [1.165, 1.54) is 44.6 Å². The van der Waals surface area contributed by atoms with Gasteiger partial charge in [0.05, 0.1) is 14.2 Å². The minimum atomic E-state index is -4.62. The summed E-state index contributed by atoms with van der Waals surface area (Å²) in [7, 11) is -2.07. The molecule has 1 aromatic rings. The topological polar surface area (TPSA) is 99.1 Å². The average Bonchev–Trinajstić information content (AvgIpc) is 2.35. The smallest absolute Gasteiger partial charge is 0.446 e. The van der Waals surface area contributed by atoms with E-state index in [1.54, 1.807) is 0 Å². The van der Waals surface area contributed by atoms with Crippen LogP contribution in [0.3, 0.4) is 0 Å². The highest BCUT2D eigenvalue weighted by atomic mass is 32.3. The van der Waals surface area contributed by atoms with Gasteiger partial charge >= 0.3 is 16.4 Å². The molecule has 0 bridgehead atoms. The molecule has 0 aliphatic rings. The molecule has 0 atom stereocenters. The molecule has 0 heterocycles. The summed E-state index contributed by atoms with van der Waals surface area (Å²) < 4.78 is 43.5. The molecule has 7 nitrogen and oxygen atoms in total. The van der Waals surface area contributed by atoms with E-state index in [-0.39, 0.29) is 11.5 Å². The Morgan fingerprint density at radius 3 is 2.47 bits per heavy atom. The summed E-state index contributed by atoms with van der Waals surface area (Å²) in [6, 6.07) is 4.19. The Balaban J connectivity index is 3.02. The minimum Gasteiger partial charge on any atom is -0.493 e. The zero-order valence-electron chi connectivity index (χ0n) is 10.2. The van der Waals surface area contributed by atoms with Gasteiger partial charge in [0.15, 0.2) is 11.5 Å². The molecular weight excluding hydrogens is 276 g/mol. The fourth-order valence-electron chi connectivity index (χ4n) is 1.20. The zero-order valence-corrected chi connectivity index (χ0v) is 11.0. The molecule has 8 heteroatoms. The Morgan fingerprint density at radius 1 is 1.26 bits per heavy atom. The summed E-state index contributed by atoms with van der Waals surface area (Å²) >= 11 is 0. The summed E-state index contributed by atoms with van der Waals surface area (Å²) in [6.45, 7) is 0. The van der Waals surface area contributed by atoms with Crippen LogP contribution in [0.2, 0.25) is 0 Å². The van der Waals surface area contributed by atoms with Crippen LogP contribution in [-0.2, 0) is 19.9 Å². The number of ether oxygens (including phenoxy) is 2. The van der Waals surface area contributed by atoms with Crippen molar-refractivity contribution in [2.75, 3.05) is 14.2 Å². The molecular formula is C11H12O7S. The quantitative estimate of drug-likeness (QED) is 0.491. The van der Waals surface area contributed by atoms with Gasteiger partial charge in [0.25, 0.3) is 0 Å². The monoisotopic (exact) mass is 288 g/mol. The third-order valence-corrected chi connectivity index (χ3v) is 2.39.